The van der Waals surface area contributed by atoms with Gasteiger partial charge in [0.25, 0.3) is 0 Å². The smallest absolute Gasteiger partial charge is 0.239 e. The number of piperidine rings is 1. The van der Waals surface area contributed by atoms with Crippen LogP contribution in [-0.4, -0.2) is 61.0 Å². The first-order chi connectivity index (χ1) is 9.13. The molecule has 0 aromatic heterocycles. The lowest BCUT2D eigenvalue weighted by Gasteiger charge is -2.38. The van der Waals surface area contributed by atoms with Crippen molar-refractivity contribution in [3.8, 4) is 0 Å². The van der Waals surface area contributed by atoms with Gasteiger partial charge in [0.2, 0.25) is 5.91 Å². The van der Waals surface area contributed by atoms with Gasteiger partial charge < -0.3 is 15.1 Å². The zero-order chi connectivity index (χ0) is 13.8. The van der Waals surface area contributed by atoms with E-state index in [1.807, 2.05) is 7.05 Å². The van der Waals surface area contributed by atoms with Gasteiger partial charge in [0.15, 0.2) is 0 Å². The molecular formula is C15H29N3O. The topological polar surface area (TPSA) is 35.6 Å². The van der Waals surface area contributed by atoms with Crippen LogP contribution in [0.3, 0.4) is 0 Å². The highest BCUT2D eigenvalue weighted by Crippen LogP contribution is 2.21. The lowest BCUT2D eigenvalue weighted by atomic mass is 9.99. The van der Waals surface area contributed by atoms with E-state index in [1.165, 1.54) is 25.9 Å². The predicted molar refractivity (Wildman–Crippen MR) is 78.1 cm³/mol. The van der Waals surface area contributed by atoms with Crippen molar-refractivity contribution in [2.45, 2.75) is 51.6 Å². The summed E-state index contributed by atoms with van der Waals surface area (Å²) in [4.78, 5) is 17.1. The number of hydrogen-bond donors (Lipinski definition) is 1. The Hall–Kier alpha value is -0.610. The fourth-order valence-corrected chi connectivity index (χ4v) is 3.50. The van der Waals surface area contributed by atoms with E-state index in [1.54, 1.807) is 0 Å². The molecule has 2 saturated heterocycles. The third kappa shape index (κ3) is 3.48. The number of carbonyl (C=O) groups is 1. The second-order valence-electron chi connectivity index (χ2n) is 6.31. The number of rotatable bonds is 4. The van der Waals surface area contributed by atoms with Crippen LogP contribution < -0.4 is 5.32 Å². The van der Waals surface area contributed by atoms with E-state index in [4.69, 9.17) is 0 Å². The summed E-state index contributed by atoms with van der Waals surface area (Å²) in [5, 5.41) is 3.16. The number of likely N-dealkylation sites (tertiary alicyclic amines) is 2. The molecular weight excluding hydrogens is 238 g/mol. The van der Waals surface area contributed by atoms with E-state index in [9.17, 15) is 4.79 Å². The Kier molecular flexibility index (Phi) is 5.22. The van der Waals surface area contributed by atoms with E-state index >= 15 is 0 Å². The highest BCUT2D eigenvalue weighted by atomic mass is 16.2. The summed E-state index contributed by atoms with van der Waals surface area (Å²) < 4.78 is 0. The highest BCUT2D eigenvalue weighted by molar-refractivity contribution is 5.82. The zero-order valence-electron chi connectivity index (χ0n) is 12.7. The summed E-state index contributed by atoms with van der Waals surface area (Å²) in [5.41, 5.74) is 0. The molecule has 4 nitrogen and oxygen atoms in total. The van der Waals surface area contributed by atoms with E-state index in [0.717, 1.165) is 32.0 Å². The molecule has 2 heterocycles. The number of nitrogens with one attached hydrogen (secondary N) is 1. The van der Waals surface area contributed by atoms with Gasteiger partial charge in [-0.2, -0.15) is 0 Å². The van der Waals surface area contributed by atoms with Gasteiger partial charge in [0.05, 0.1) is 6.04 Å². The Morgan fingerprint density at radius 2 is 1.68 bits per heavy atom. The first kappa shape index (κ1) is 14.8. The van der Waals surface area contributed by atoms with Crippen LogP contribution >= 0.6 is 0 Å². The largest absolute Gasteiger partial charge is 0.341 e. The van der Waals surface area contributed by atoms with Crippen molar-refractivity contribution in [2.75, 3.05) is 33.2 Å². The SMILES string of the molecule is CN[C@@H](C(=O)N1CCC(N2CCCC2)CC1)C(C)C. The first-order valence-electron chi connectivity index (χ1n) is 7.83. The number of likely N-dealkylation sites (N-methyl/N-ethyl adjacent to an activating group) is 1. The average molecular weight is 267 g/mol. The van der Waals surface area contributed by atoms with Gasteiger partial charge in [-0.3, -0.25) is 4.79 Å². The molecule has 19 heavy (non-hydrogen) atoms. The Bertz CT molecular complexity index is 292. The molecule has 0 bridgehead atoms. The molecule has 0 aromatic carbocycles. The number of carbonyl (C=O) groups excluding carboxylic acids is 1. The standard InChI is InChI=1S/C15H29N3O/c1-12(2)14(16-3)15(19)18-10-6-13(7-11-18)17-8-4-5-9-17/h12-14,16H,4-11H2,1-3H3/t14-/m1/s1. The van der Waals surface area contributed by atoms with Crippen LogP contribution in [0.5, 0.6) is 0 Å². The summed E-state index contributed by atoms with van der Waals surface area (Å²) in [7, 11) is 1.89. The minimum atomic E-state index is -0.0247. The molecule has 0 saturated carbocycles. The molecule has 1 N–H and O–H groups in total. The Morgan fingerprint density at radius 1 is 1.11 bits per heavy atom. The Labute approximate surface area is 117 Å². The summed E-state index contributed by atoms with van der Waals surface area (Å²) in [6, 6.07) is 0.696. The van der Waals surface area contributed by atoms with Crippen LogP contribution in [0.25, 0.3) is 0 Å². The number of amides is 1. The second kappa shape index (κ2) is 6.71. The van der Waals surface area contributed by atoms with E-state index in [0.29, 0.717) is 5.92 Å². The van der Waals surface area contributed by atoms with Crippen molar-refractivity contribution in [1.82, 2.24) is 15.1 Å². The van der Waals surface area contributed by atoms with Crippen LogP contribution in [0.4, 0.5) is 0 Å². The van der Waals surface area contributed by atoms with Crippen LogP contribution in [0.2, 0.25) is 0 Å². The van der Waals surface area contributed by atoms with E-state index in [-0.39, 0.29) is 11.9 Å². The monoisotopic (exact) mass is 267 g/mol. The number of hydrogen-bond acceptors (Lipinski definition) is 3. The molecule has 4 heteroatoms. The van der Waals surface area contributed by atoms with Gasteiger partial charge in [0.1, 0.15) is 0 Å². The lowest BCUT2D eigenvalue weighted by Crippen LogP contribution is -2.52. The van der Waals surface area contributed by atoms with Gasteiger partial charge in [-0.15, -0.1) is 0 Å². The molecule has 2 rings (SSSR count). The quantitative estimate of drug-likeness (QED) is 0.834. The number of nitrogens with zero attached hydrogens (tertiary/aromatic N) is 2. The molecule has 0 radical (unpaired) electrons. The van der Waals surface area contributed by atoms with Gasteiger partial charge in [-0.05, 0) is 51.7 Å². The van der Waals surface area contributed by atoms with Gasteiger partial charge in [-0.1, -0.05) is 13.8 Å². The normalized spacial score (nSPS) is 24.1. The summed E-state index contributed by atoms with van der Waals surface area (Å²) >= 11 is 0. The predicted octanol–water partition coefficient (Wildman–Crippen LogP) is 1.32. The minimum Gasteiger partial charge on any atom is -0.341 e. The molecule has 2 aliphatic rings. The maximum Gasteiger partial charge on any atom is 0.239 e. The summed E-state index contributed by atoms with van der Waals surface area (Å²) in [6.07, 6.45) is 5.02. The minimum absolute atomic E-state index is 0.0247. The van der Waals surface area contributed by atoms with Crippen molar-refractivity contribution in [1.29, 1.82) is 0 Å². The molecule has 0 aliphatic carbocycles. The molecule has 2 aliphatic heterocycles. The van der Waals surface area contributed by atoms with Crippen LogP contribution in [-0.2, 0) is 4.79 Å². The van der Waals surface area contributed by atoms with E-state index in [2.05, 4.69) is 29.0 Å². The fourth-order valence-electron chi connectivity index (χ4n) is 3.50. The Balaban J connectivity index is 1.83. The maximum absolute atomic E-state index is 12.4. The average Bonchev–Trinajstić information content (AvgIpc) is 2.93. The molecule has 1 atom stereocenters. The molecule has 1 amide bonds. The van der Waals surface area contributed by atoms with Crippen LogP contribution in [0.1, 0.15) is 39.5 Å². The van der Waals surface area contributed by atoms with Gasteiger partial charge in [-0.25, -0.2) is 0 Å². The van der Waals surface area contributed by atoms with Crippen molar-refractivity contribution >= 4 is 5.91 Å². The van der Waals surface area contributed by atoms with Crippen molar-refractivity contribution in [3.05, 3.63) is 0 Å². The zero-order valence-corrected chi connectivity index (χ0v) is 12.7. The van der Waals surface area contributed by atoms with Crippen molar-refractivity contribution < 1.29 is 4.79 Å². The van der Waals surface area contributed by atoms with Crippen LogP contribution in [0, 0.1) is 5.92 Å². The summed E-state index contributed by atoms with van der Waals surface area (Å²) in [6.45, 7) is 8.62. The highest BCUT2D eigenvalue weighted by Gasteiger charge is 2.31. The molecule has 0 spiro atoms. The second-order valence-corrected chi connectivity index (χ2v) is 6.31. The van der Waals surface area contributed by atoms with Crippen LogP contribution in [0.15, 0.2) is 0 Å². The van der Waals surface area contributed by atoms with Gasteiger partial charge in [0, 0.05) is 19.1 Å². The molecule has 0 aromatic rings. The lowest BCUT2D eigenvalue weighted by molar-refractivity contribution is -0.136. The van der Waals surface area contributed by atoms with Gasteiger partial charge >= 0.3 is 0 Å². The fraction of sp³-hybridized carbons (Fsp3) is 0.933. The molecule has 0 unspecified atom stereocenters. The van der Waals surface area contributed by atoms with Crippen molar-refractivity contribution in [3.63, 3.8) is 0 Å². The maximum atomic E-state index is 12.4. The molecule has 2 fully saturated rings. The first-order valence-corrected chi connectivity index (χ1v) is 7.83. The van der Waals surface area contributed by atoms with E-state index < -0.39 is 0 Å². The molecule has 110 valence electrons. The Morgan fingerprint density at radius 3 is 2.16 bits per heavy atom. The summed E-state index contributed by atoms with van der Waals surface area (Å²) in [5.74, 6) is 0.645. The third-order valence-electron chi connectivity index (χ3n) is 4.68. The third-order valence-corrected chi connectivity index (χ3v) is 4.68. The van der Waals surface area contributed by atoms with Crippen molar-refractivity contribution in [2.24, 2.45) is 5.92 Å².